The molecule has 3 rings (SSSR count). The minimum atomic E-state index is -0.519. The number of ether oxygens (including phenoxy) is 2. The van der Waals surface area contributed by atoms with Crippen molar-refractivity contribution in [2.45, 2.75) is 32.6 Å². The Bertz CT molecular complexity index is 743. The van der Waals surface area contributed by atoms with E-state index in [1.165, 1.54) is 12.1 Å². The first-order chi connectivity index (χ1) is 12.0. The van der Waals surface area contributed by atoms with Crippen LogP contribution in [0.15, 0.2) is 29.3 Å². The number of imide groups is 1. The summed E-state index contributed by atoms with van der Waals surface area (Å²) in [7, 11) is 0. The monoisotopic (exact) mass is 363 g/mol. The molecule has 1 heterocycles. The van der Waals surface area contributed by atoms with E-state index in [4.69, 9.17) is 21.1 Å². The number of nitrogens with zero attached hydrogens (tertiary/aromatic N) is 1. The van der Waals surface area contributed by atoms with E-state index in [1.54, 1.807) is 13.0 Å². The first-order valence-electron chi connectivity index (χ1n) is 8.21. The summed E-state index contributed by atoms with van der Waals surface area (Å²) in [6.45, 7) is 1.66. The van der Waals surface area contributed by atoms with E-state index in [-0.39, 0.29) is 35.8 Å². The average Bonchev–Trinajstić information content (AvgIpc) is 2.86. The first-order valence-corrected chi connectivity index (χ1v) is 8.59. The van der Waals surface area contributed by atoms with E-state index in [0.717, 1.165) is 17.7 Å². The van der Waals surface area contributed by atoms with Gasteiger partial charge in [-0.3, -0.25) is 9.59 Å². The number of anilines is 1. The normalized spacial score (nSPS) is 17.0. The molecule has 0 saturated carbocycles. The summed E-state index contributed by atoms with van der Waals surface area (Å²) in [6, 6.07) is 4.62. The molecule has 1 aliphatic carbocycles. The van der Waals surface area contributed by atoms with Crippen molar-refractivity contribution in [1.82, 2.24) is 0 Å². The van der Waals surface area contributed by atoms with Crippen LogP contribution in [0.1, 0.15) is 32.6 Å². The zero-order valence-corrected chi connectivity index (χ0v) is 14.6. The molecule has 0 bridgehead atoms. The van der Waals surface area contributed by atoms with Gasteiger partial charge < -0.3 is 9.47 Å². The first kappa shape index (κ1) is 17.5. The number of carbonyl (C=O) groups excluding carboxylic acids is 3. The molecule has 0 spiro atoms. The summed E-state index contributed by atoms with van der Waals surface area (Å²) in [6.07, 6.45) is 3.10. The Kier molecular flexibility index (Phi) is 5.08. The highest BCUT2D eigenvalue weighted by molar-refractivity contribution is 6.34. The number of hydrogen-bond donors (Lipinski definition) is 0. The Morgan fingerprint density at radius 1 is 1.16 bits per heavy atom. The van der Waals surface area contributed by atoms with Gasteiger partial charge in [0.2, 0.25) is 0 Å². The van der Waals surface area contributed by atoms with Crippen molar-refractivity contribution in [3.05, 3.63) is 34.4 Å². The molecular weight excluding hydrogens is 346 g/mol. The predicted molar refractivity (Wildman–Crippen MR) is 91.6 cm³/mol. The predicted octanol–water partition coefficient (Wildman–Crippen LogP) is 3.03. The van der Waals surface area contributed by atoms with Crippen LogP contribution in [0.5, 0.6) is 5.75 Å². The van der Waals surface area contributed by atoms with Gasteiger partial charge in [-0.05, 0) is 44.7 Å². The minimum absolute atomic E-state index is 0.220. The zero-order valence-electron chi connectivity index (χ0n) is 13.8. The van der Waals surface area contributed by atoms with Gasteiger partial charge in [0, 0.05) is 17.2 Å². The summed E-state index contributed by atoms with van der Waals surface area (Å²) >= 11 is 6.08. The second kappa shape index (κ2) is 7.27. The number of amides is 2. The Morgan fingerprint density at radius 2 is 1.80 bits per heavy atom. The molecule has 0 aromatic heterocycles. The Morgan fingerprint density at radius 3 is 2.40 bits per heavy atom. The van der Waals surface area contributed by atoms with Crippen molar-refractivity contribution < 1.29 is 23.9 Å². The molecule has 25 heavy (non-hydrogen) atoms. The van der Waals surface area contributed by atoms with Crippen LogP contribution in [0.2, 0.25) is 5.02 Å². The molecular formula is C18H18ClNO5. The molecule has 0 unspecified atom stereocenters. The number of rotatable bonds is 5. The summed E-state index contributed by atoms with van der Waals surface area (Å²) in [5, 5.41) is 0.282. The average molecular weight is 364 g/mol. The highest BCUT2D eigenvalue weighted by atomic mass is 35.5. The van der Waals surface area contributed by atoms with Crippen LogP contribution in [0.25, 0.3) is 0 Å². The highest BCUT2D eigenvalue weighted by Gasteiger charge is 2.39. The van der Waals surface area contributed by atoms with Crippen LogP contribution in [-0.2, 0) is 19.1 Å². The van der Waals surface area contributed by atoms with E-state index in [1.807, 2.05) is 0 Å². The molecule has 0 N–H and O–H groups in total. The second-order valence-electron chi connectivity index (χ2n) is 5.82. The Labute approximate surface area is 150 Å². The lowest BCUT2D eigenvalue weighted by atomic mass is 9.93. The van der Waals surface area contributed by atoms with Crippen LogP contribution < -0.4 is 9.64 Å². The standard InChI is InChI=1S/C18H18ClNO5/c1-2-24-16(21)10-25-15-9-11(7-8-14(15)19)20-17(22)12-5-3-4-6-13(12)18(20)23/h7-9H,2-6,10H2,1H3. The van der Waals surface area contributed by atoms with E-state index in [0.29, 0.717) is 29.7 Å². The van der Waals surface area contributed by atoms with E-state index < -0.39 is 5.97 Å². The van der Waals surface area contributed by atoms with E-state index in [2.05, 4.69) is 0 Å². The van der Waals surface area contributed by atoms with E-state index >= 15 is 0 Å². The van der Waals surface area contributed by atoms with Crippen LogP contribution in [-0.4, -0.2) is 31.0 Å². The van der Waals surface area contributed by atoms with E-state index in [9.17, 15) is 14.4 Å². The molecule has 0 saturated heterocycles. The smallest absolute Gasteiger partial charge is 0.344 e. The molecule has 6 nitrogen and oxygen atoms in total. The molecule has 2 aliphatic rings. The third kappa shape index (κ3) is 3.39. The van der Waals surface area contributed by atoms with Gasteiger partial charge in [-0.2, -0.15) is 0 Å². The molecule has 2 amide bonds. The largest absolute Gasteiger partial charge is 0.480 e. The fourth-order valence-corrected chi connectivity index (χ4v) is 3.23. The lowest BCUT2D eigenvalue weighted by molar-refractivity contribution is -0.145. The maximum Gasteiger partial charge on any atom is 0.344 e. The van der Waals surface area contributed by atoms with Gasteiger partial charge in [0.1, 0.15) is 5.75 Å². The molecule has 0 atom stereocenters. The van der Waals surface area contributed by atoms with Crippen molar-refractivity contribution in [1.29, 1.82) is 0 Å². The molecule has 1 aliphatic heterocycles. The zero-order chi connectivity index (χ0) is 18.0. The third-order valence-corrected chi connectivity index (χ3v) is 4.53. The van der Waals surface area contributed by atoms with Crippen LogP contribution in [0, 0.1) is 0 Å². The maximum atomic E-state index is 12.6. The fourth-order valence-electron chi connectivity index (χ4n) is 3.06. The lowest BCUT2D eigenvalue weighted by Crippen LogP contribution is -2.31. The summed E-state index contributed by atoms with van der Waals surface area (Å²) < 4.78 is 10.2. The minimum Gasteiger partial charge on any atom is -0.480 e. The number of carbonyl (C=O) groups is 3. The molecule has 132 valence electrons. The van der Waals surface area contributed by atoms with Gasteiger partial charge in [-0.15, -0.1) is 0 Å². The number of halogens is 1. The number of hydrogen-bond acceptors (Lipinski definition) is 5. The topological polar surface area (TPSA) is 72.9 Å². The van der Waals surface area contributed by atoms with Crippen molar-refractivity contribution in [2.24, 2.45) is 0 Å². The summed E-state index contributed by atoms with van der Waals surface area (Å²) in [5.74, 6) is -0.858. The summed E-state index contributed by atoms with van der Waals surface area (Å²) in [4.78, 5) is 37.8. The molecule has 0 fully saturated rings. The van der Waals surface area contributed by atoms with Gasteiger partial charge in [-0.25, -0.2) is 9.69 Å². The lowest BCUT2D eigenvalue weighted by Gasteiger charge is -2.17. The fraction of sp³-hybridized carbons (Fsp3) is 0.389. The van der Waals surface area contributed by atoms with Crippen molar-refractivity contribution in [3.8, 4) is 5.75 Å². The molecule has 0 radical (unpaired) electrons. The van der Waals surface area contributed by atoms with Gasteiger partial charge >= 0.3 is 5.97 Å². The highest BCUT2D eigenvalue weighted by Crippen LogP contribution is 2.37. The van der Waals surface area contributed by atoms with Gasteiger partial charge in [-0.1, -0.05) is 11.6 Å². The number of esters is 1. The summed E-state index contributed by atoms with van der Waals surface area (Å²) in [5.41, 5.74) is 1.60. The van der Waals surface area contributed by atoms with Gasteiger partial charge in [0.25, 0.3) is 11.8 Å². The molecule has 7 heteroatoms. The second-order valence-corrected chi connectivity index (χ2v) is 6.23. The Balaban J connectivity index is 1.82. The number of benzene rings is 1. The molecule has 1 aromatic rings. The SMILES string of the molecule is CCOC(=O)COc1cc(N2C(=O)C3=C(CCCC3)C2=O)ccc1Cl. The maximum absolute atomic E-state index is 12.6. The third-order valence-electron chi connectivity index (χ3n) is 4.21. The van der Waals surface area contributed by atoms with Gasteiger partial charge in [0.15, 0.2) is 6.61 Å². The van der Waals surface area contributed by atoms with Crippen molar-refractivity contribution >= 4 is 35.1 Å². The van der Waals surface area contributed by atoms with Crippen LogP contribution in [0.4, 0.5) is 5.69 Å². The van der Waals surface area contributed by atoms with Gasteiger partial charge in [0.05, 0.1) is 17.3 Å². The molecule has 1 aromatic carbocycles. The van der Waals surface area contributed by atoms with Crippen LogP contribution >= 0.6 is 11.6 Å². The Hall–Kier alpha value is -2.34. The van der Waals surface area contributed by atoms with Crippen LogP contribution in [0.3, 0.4) is 0 Å². The van der Waals surface area contributed by atoms with Crippen molar-refractivity contribution in [2.75, 3.05) is 18.1 Å². The quantitative estimate of drug-likeness (QED) is 0.594. The van der Waals surface area contributed by atoms with Crippen molar-refractivity contribution in [3.63, 3.8) is 0 Å².